The van der Waals surface area contributed by atoms with Crippen molar-refractivity contribution in [3.05, 3.63) is 36.2 Å². The van der Waals surface area contributed by atoms with Crippen LogP contribution >= 0.6 is 11.7 Å². The molecule has 8 heteroatoms. The molecule has 1 aromatic carbocycles. The fraction of sp³-hybridized carbons (Fsp3) is 0.250. The quantitative estimate of drug-likeness (QED) is 0.702. The summed E-state index contributed by atoms with van der Waals surface area (Å²) in [5.74, 6) is 0.0243. The molecule has 1 fully saturated rings. The predicted molar refractivity (Wildman–Crippen MR) is 72.4 cm³/mol. The Labute approximate surface area is 118 Å². The van der Waals surface area contributed by atoms with Gasteiger partial charge in [0.2, 0.25) is 0 Å². The number of carbonyl (C=O) groups is 1. The number of amides is 1. The fourth-order valence-corrected chi connectivity index (χ4v) is 2.82. The van der Waals surface area contributed by atoms with E-state index < -0.39 is 0 Å². The van der Waals surface area contributed by atoms with Crippen LogP contribution in [0.2, 0.25) is 0 Å². The van der Waals surface area contributed by atoms with Gasteiger partial charge in [-0.15, -0.1) is 5.10 Å². The van der Waals surface area contributed by atoms with Gasteiger partial charge < -0.3 is 4.90 Å². The monoisotopic (exact) mass is 286 g/mol. The second kappa shape index (κ2) is 4.34. The van der Waals surface area contributed by atoms with Crippen molar-refractivity contribution < 1.29 is 4.79 Å². The lowest BCUT2D eigenvalue weighted by Gasteiger charge is -2.38. The average molecular weight is 286 g/mol. The first kappa shape index (κ1) is 11.5. The van der Waals surface area contributed by atoms with Gasteiger partial charge in [0.1, 0.15) is 11.0 Å². The van der Waals surface area contributed by atoms with Gasteiger partial charge >= 0.3 is 0 Å². The van der Waals surface area contributed by atoms with Crippen LogP contribution in [0.25, 0.3) is 11.0 Å². The number of likely N-dealkylation sites (tertiary alicyclic amines) is 1. The molecule has 1 saturated heterocycles. The van der Waals surface area contributed by atoms with Gasteiger partial charge in [0.25, 0.3) is 5.91 Å². The summed E-state index contributed by atoms with van der Waals surface area (Å²) in [6, 6.07) is 5.66. The van der Waals surface area contributed by atoms with Crippen molar-refractivity contribution in [2.24, 2.45) is 0 Å². The standard InChI is InChI=1S/C12H10N6OS/c19-12(8-1-2-10-11(5-8)15-20-14-10)17-6-9(7-17)18-4-3-13-16-18/h1-5,9H,6-7H2. The Morgan fingerprint density at radius 1 is 1.25 bits per heavy atom. The third kappa shape index (κ3) is 1.76. The largest absolute Gasteiger partial charge is 0.334 e. The molecule has 0 aliphatic carbocycles. The molecule has 0 radical (unpaired) electrons. The third-order valence-electron chi connectivity index (χ3n) is 3.47. The average Bonchev–Trinajstić information content (AvgIpc) is 3.06. The molecule has 7 nitrogen and oxygen atoms in total. The number of rotatable bonds is 2. The first-order valence-corrected chi connectivity index (χ1v) is 6.92. The van der Waals surface area contributed by atoms with E-state index in [1.165, 1.54) is 0 Å². The van der Waals surface area contributed by atoms with Gasteiger partial charge in [-0.3, -0.25) is 4.79 Å². The molecule has 1 aliphatic heterocycles. The molecule has 3 heterocycles. The van der Waals surface area contributed by atoms with Gasteiger partial charge in [0.05, 0.1) is 24.0 Å². The summed E-state index contributed by atoms with van der Waals surface area (Å²) in [7, 11) is 0. The van der Waals surface area contributed by atoms with Gasteiger partial charge in [-0.2, -0.15) is 8.75 Å². The summed E-state index contributed by atoms with van der Waals surface area (Å²) in [4.78, 5) is 14.1. The molecule has 3 aromatic rings. The van der Waals surface area contributed by atoms with Gasteiger partial charge in [-0.1, -0.05) is 5.21 Å². The number of benzene rings is 1. The van der Waals surface area contributed by atoms with Crippen LogP contribution in [0.3, 0.4) is 0 Å². The number of hydrogen-bond acceptors (Lipinski definition) is 6. The van der Waals surface area contributed by atoms with Gasteiger partial charge in [-0.25, -0.2) is 4.68 Å². The maximum absolute atomic E-state index is 12.3. The van der Waals surface area contributed by atoms with Crippen LogP contribution in [0.5, 0.6) is 0 Å². The maximum atomic E-state index is 12.3. The molecule has 0 spiro atoms. The highest BCUT2D eigenvalue weighted by molar-refractivity contribution is 7.00. The van der Waals surface area contributed by atoms with Crippen molar-refractivity contribution in [2.75, 3.05) is 13.1 Å². The lowest BCUT2D eigenvalue weighted by atomic mass is 10.1. The molecule has 1 amide bonds. The minimum atomic E-state index is 0.0243. The van der Waals surface area contributed by atoms with Crippen molar-refractivity contribution in [3.63, 3.8) is 0 Å². The normalized spacial score (nSPS) is 15.5. The zero-order chi connectivity index (χ0) is 13.5. The third-order valence-corrected chi connectivity index (χ3v) is 4.02. The SMILES string of the molecule is O=C(c1ccc2nsnc2c1)N1CC(n2ccnn2)C1. The number of hydrogen-bond donors (Lipinski definition) is 0. The maximum Gasteiger partial charge on any atom is 0.254 e. The molecule has 0 unspecified atom stereocenters. The van der Waals surface area contributed by atoms with E-state index in [9.17, 15) is 4.79 Å². The highest BCUT2D eigenvalue weighted by Gasteiger charge is 2.33. The van der Waals surface area contributed by atoms with Crippen molar-refractivity contribution >= 4 is 28.7 Å². The Balaban J connectivity index is 1.51. The smallest absolute Gasteiger partial charge is 0.254 e. The van der Waals surface area contributed by atoms with Crippen molar-refractivity contribution in [1.29, 1.82) is 0 Å². The molecule has 0 atom stereocenters. The second-order valence-electron chi connectivity index (χ2n) is 4.71. The first-order chi connectivity index (χ1) is 9.81. The van der Waals surface area contributed by atoms with Crippen molar-refractivity contribution in [2.45, 2.75) is 6.04 Å². The molecular formula is C12H10N6OS. The van der Waals surface area contributed by atoms with Crippen LogP contribution in [0.15, 0.2) is 30.6 Å². The van der Waals surface area contributed by atoms with Crippen LogP contribution in [0, 0.1) is 0 Å². The van der Waals surface area contributed by atoms with Crippen LogP contribution in [0.4, 0.5) is 0 Å². The van der Waals surface area contributed by atoms with E-state index in [2.05, 4.69) is 19.1 Å². The Morgan fingerprint density at radius 2 is 2.10 bits per heavy atom. The van der Waals surface area contributed by atoms with Gasteiger partial charge in [0.15, 0.2) is 0 Å². The van der Waals surface area contributed by atoms with Crippen molar-refractivity contribution in [1.82, 2.24) is 28.6 Å². The molecule has 4 rings (SSSR count). The topological polar surface area (TPSA) is 76.8 Å². The van der Waals surface area contributed by atoms with E-state index in [4.69, 9.17) is 0 Å². The summed E-state index contributed by atoms with van der Waals surface area (Å²) < 4.78 is 10.1. The van der Waals surface area contributed by atoms with E-state index in [1.54, 1.807) is 27.9 Å². The van der Waals surface area contributed by atoms with Gasteiger partial charge in [-0.05, 0) is 18.2 Å². The summed E-state index contributed by atoms with van der Waals surface area (Å²) >= 11 is 1.16. The highest BCUT2D eigenvalue weighted by atomic mass is 32.1. The minimum absolute atomic E-state index is 0.0243. The summed E-state index contributed by atoms with van der Waals surface area (Å²) in [5, 5.41) is 7.73. The number of aromatic nitrogens is 5. The Hall–Kier alpha value is -2.35. The van der Waals surface area contributed by atoms with E-state index in [0.29, 0.717) is 18.7 Å². The first-order valence-electron chi connectivity index (χ1n) is 6.19. The molecule has 2 aromatic heterocycles. The lowest BCUT2D eigenvalue weighted by molar-refractivity contribution is 0.0498. The van der Waals surface area contributed by atoms with Gasteiger partial charge in [0, 0.05) is 24.8 Å². The molecule has 0 bridgehead atoms. The molecule has 0 N–H and O–H groups in total. The van der Waals surface area contributed by atoms with Crippen LogP contribution < -0.4 is 0 Å². The molecule has 100 valence electrons. The molecule has 0 saturated carbocycles. The zero-order valence-electron chi connectivity index (χ0n) is 10.4. The van der Waals surface area contributed by atoms with E-state index in [1.807, 2.05) is 12.3 Å². The number of fused-ring (bicyclic) bond motifs is 1. The fourth-order valence-electron chi connectivity index (χ4n) is 2.30. The number of nitrogens with zero attached hydrogens (tertiary/aromatic N) is 6. The highest BCUT2D eigenvalue weighted by Crippen LogP contribution is 2.23. The van der Waals surface area contributed by atoms with E-state index in [0.717, 1.165) is 22.8 Å². The van der Waals surface area contributed by atoms with E-state index in [-0.39, 0.29) is 11.9 Å². The Bertz CT molecular complexity index is 761. The Kier molecular flexibility index (Phi) is 2.49. The van der Waals surface area contributed by atoms with Crippen LogP contribution in [-0.2, 0) is 0 Å². The predicted octanol–water partition coefficient (Wildman–Crippen LogP) is 0.980. The summed E-state index contributed by atoms with van der Waals surface area (Å²) in [5.41, 5.74) is 2.26. The summed E-state index contributed by atoms with van der Waals surface area (Å²) in [6.45, 7) is 1.32. The number of carbonyl (C=O) groups excluding carboxylic acids is 1. The van der Waals surface area contributed by atoms with Crippen molar-refractivity contribution in [3.8, 4) is 0 Å². The molecule has 1 aliphatic rings. The zero-order valence-corrected chi connectivity index (χ0v) is 11.2. The Morgan fingerprint density at radius 3 is 2.90 bits per heavy atom. The second-order valence-corrected chi connectivity index (χ2v) is 5.24. The van der Waals surface area contributed by atoms with Crippen LogP contribution in [-0.4, -0.2) is 47.6 Å². The van der Waals surface area contributed by atoms with Crippen LogP contribution in [0.1, 0.15) is 16.4 Å². The minimum Gasteiger partial charge on any atom is -0.334 e. The molecule has 20 heavy (non-hydrogen) atoms. The summed E-state index contributed by atoms with van der Waals surface area (Å²) in [6.07, 6.45) is 3.47. The molecular weight excluding hydrogens is 276 g/mol. The lowest BCUT2D eigenvalue weighted by Crippen LogP contribution is -2.50. The van der Waals surface area contributed by atoms with E-state index >= 15 is 0 Å².